The van der Waals surface area contributed by atoms with Gasteiger partial charge in [0.2, 0.25) is 0 Å². The van der Waals surface area contributed by atoms with E-state index in [1.807, 2.05) is 0 Å². The van der Waals surface area contributed by atoms with E-state index in [4.69, 9.17) is 0 Å². The molecule has 0 aliphatic heterocycles. The number of hydrogen-bond acceptors (Lipinski definition) is 0. The zero-order chi connectivity index (χ0) is 65.3. The molecule has 3 heteroatoms. The Hall–Kier alpha value is -13.1. The van der Waals surface area contributed by atoms with Crippen LogP contribution in [0, 0.1) is 0 Å². The fourth-order valence-corrected chi connectivity index (χ4v) is 15.8. The molecule has 0 aliphatic rings. The maximum Gasteiger partial charge on any atom is 0.0542 e. The van der Waals surface area contributed by atoms with Crippen LogP contribution >= 0.6 is 0 Å². The van der Waals surface area contributed by atoms with Gasteiger partial charge < -0.3 is 13.7 Å². The molecule has 0 amide bonds. The van der Waals surface area contributed by atoms with Crippen LogP contribution in [0.15, 0.2) is 382 Å². The maximum absolute atomic E-state index is 2.51. The number of hydrogen-bond donors (Lipinski definition) is 0. The van der Waals surface area contributed by atoms with Crippen LogP contribution < -0.4 is 0 Å². The van der Waals surface area contributed by atoms with Gasteiger partial charge in [-0.1, -0.05) is 285 Å². The fourth-order valence-electron chi connectivity index (χ4n) is 15.8. The third-order valence-electron chi connectivity index (χ3n) is 20.3. The normalized spacial score (nSPS) is 11.6. The Morgan fingerprint density at radius 2 is 0.354 bits per heavy atom. The zero-order valence-electron chi connectivity index (χ0n) is 54.2. The number of rotatable bonds is 12. The molecule has 462 valence electrons. The second-order valence-corrected chi connectivity index (χ2v) is 25.9. The third-order valence-corrected chi connectivity index (χ3v) is 20.3. The van der Waals surface area contributed by atoms with Crippen LogP contribution in [0.4, 0.5) is 0 Å². The summed E-state index contributed by atoms with van der Waals surface area (Å²) in [7, 11) is 0. The molecule has 19 aromatic rings. The first-order valence-electron chi connectivity index (χ1n) is 34.1. The van der Waals surface area contributed by atoms with E-state index in [1.54, 1.807) is 0 Å². The Balaban J connectivity index is 0.808. The van der Waals surface area contributed by atoms with E-state index < -0.39 is 0 Å². The lowest BCUT2D eigenvalue weighted by molar-refractivity contribution is 1.16. The van der Waals surface area contributed by atoms with Gasteiger partial charge in [-0.05, 0) is 192 Å². The Morgan fingerprint density at radius 3 is 0.677 bits per heavy atom. The topological polar surface area (TPSA) is 14.8 Å². The Labute approximate surface area is 574 Å². The van der Waals surface area contributed by atoms with Crippen molar-refractivity contribution in [3.63, 3.8) is 0 Å². The van der Waals surface area contributed by atoms with Crippen molar-refractivity contribution in [2.24, 2.45) is 0 Å². The summed E-state index contributed by atoms with van der Waals surface area (Å²) in [6.07, 6.45) is 0. The predicted molar refractivity (Wildman–Crippen MR) is 418 cm³/mol. The minimum atomic E-state index is 1.09. The SMILES string of the molecule is c1ccc(-c2ccccc2-c2ccc3c(c2)c2cc(-c4ccccc4-c4ccccc4)ccc2n3-c2ccc3c(c2)c2cc(-c4ccccc4-n4c5ccc(-c6ccccc6-c6ccccc6)cc5c5cc(-c6ccccc6-c6ccccc6)ccc54)ccc2n3-c2ccccc2)cc1. The summed E-state index contributed by atoms with van der Waals surface area (Å²) >= 11 is 0. The van der Waals surface area contributed by atoms with Crippen LogP contribution in [0.25, 0.3) is 183 Å². The fraction of sp³-hybridized carbons (Fsp3) is 0. The summed E-state index contributed by atoms with van der Waals surface area (Å²) in [5, 5.41) is 7.13. The van der Waals surface area contributed by atoms with E-state index in [0.717, 1.165) is 61.3 Å². The van der Waals surface area contributed by atoms with Gasteiger partial charge in [0.15, 0.2) is 0 Å². The van der Waals surface area contributed by atoms with E-state index >= 15 is 0 Å². The molecular weight excluding hydrogens is 1200 g/mol. The number of para-hydroxylation sites is 2. The van der Waals surface area contributed by atoms with Gasteiger partial charge in [0.05, 0.1) is 38.8 Å². The van der Waals surface area contributed by atoms with Crippen LogP contribution in [0.1, 0.15) is 0 Å². The molecule has 0 atom stereocenters. The van der Waals surface area contributed by atoms with Crippen molar-refractivity contribution in [1.82, 2.24) is 13.7 Å². The molecule has 0 saturated heterocycles. The van der Waals surface area contributed by atoms with Gasteiger partial charge in [0.25, 0.3) is 0 Å². The summed E-state index contributed by atoms with van der Waals surface area (Å²) in [6, 6.07) is 141. The third kappa shape index (κ3) is 9.81. The maximum atomic E-state index is 2.51. The van der Waals surface area contributed by atoms with Gasteiger partial charge in [-0.25, -0.2) is 0 Å². The number of fused-ring (bicyclic) bond motifs is 9. The molecular formula is C96H63N3. The van der Waals surface area contributed by atoms with Crippen LogP contribution in [0.2, 0.25) is 0 Å². The molecule has 0 unspecified atom stereocenters. The molecule has 0 spiro atoms. The van der Waals surface area contributed by atoms with Crippen LogP contribution in [-0.2, 0) is 0 Å². The van der Waals surface area contributed by atoms with Crippen molar-refractivity contribution in [3.05, 3.63) is 382 Å². The highest BCUT2D eigenvalue weighted by molar-refractivity contribution is 6.16. The molecule has 0 N–H and O–H groups in total. The molecule has 3 heterocycles. The van der Waals surface area contributed by atoms with Crippen molar-refractivity contribution in [2.45, 2.75) is 0 Å². The highest BCUT2D eigenvalue weighted by atomic mass is 15.0. The molecule has 16 aromatic carbocycles. The summed E-state index contributed by atoms with van der Waals surface area (Å²) in [4.78, 5) is 0. The van der Waals surface area contributed by atoms with Gasteiger partial charge in [0, 0.05) is 49.3 Å². The lowest BCUT2D eigenvalue weighted by atomic mass is 9.92. The predicted octanol–water partition coefficient (Wildman–Crippen LogP) is 26.0. The summed E-state index contributed by atoms with van der Waals surface area (Å²) in [5.74, 6) is 0. The highest BCUT2D eigenvalue weighted by Gasteiger charge is 2.23. The van der Waals surface area contributed by atoms with Crippen LogP contribution in [0.5, 0.6) is 0 Å². The Kier molecular flexibility index (Phi) is 13.9. The van der Waals surface area contributed by atoms with E-state index in [9.17, 15) is 0 Å². The largest absolute Gasteiger partial charge is 0.309 e. The van der Waals surface area contributed by atoms with Gasteiger partial charge in [0.1, 0.15) is 0 Å². The van der Waals surface area contributed by atoms with Crippen molar-refractivity contribution in [3.8, 4) is 117 Å². The molecule has 0 saturated carbocycles. The minimum Gasteiger partial charge on any atom is -0.309 e. The lowest BCUT2D eigenvalue weighted by Gasteiger charge is -2.15. The van der Waals surface area contributed by atoms with Crippen molar-refractivity contribution < 1.29 is 0 Å². The second kappa shape index (κ2) is 24.0. The Morgan fingerprint density at radius 1 is 0.131 bits per heavy atom. The first-order chi connectivity index (χ1) is 49.1. The van der Waals surface area contributed by atoms with Crippen molar-refractivity contribution in [1.29, 1.82) is 0 Å². The number of aromatic nitrogens is 3. The second-order valence-electron chi connectivity index (χ2n) is 25.9. The van der Waals surface area contributed by atoms with Gasteiger partial charge >= 0.3 is 0 Å². The molecule has 3 nitrogen and oxygen atoms in total. The Bertz CT molecular complexity index is 6030. The number of nitrogens with zero attached hydrogens (tertiary/aromatic N) is 3. The van der Waals surface area contributed by atoms with E-state index in [-0.39, 0.29) is 0 Å². The van der Waals surface area contributed by atoms with Gasteiger partial charge in [-0.15, -0.1) is 0 Å². The minimum absolute atomic E-state index is 1.09. The van der Waals surface area contributed by atoms with Gasteiger partial charge in [-0.2, -0.15) is 0 Å². The van der Waals surface area contributed by atoms with E-state index in [1.165, 1.54) is 121 Å². The van der Waals surface area contributed by atoms with Gasteiger partial charge in [-0.3, -0.25) is 0 Å². The summed E-state index contributed by atoms with van der Waals surface area (Å²) < 4.78 is 7.44. The smallest absolute Gasteiger partial charge is 0.0542 e. The number of benzene rings is 16. The molecule has 99 heavy (non-hydrogen) atoms. The summed E-state index contributed by atoms with van der Waals surface area (Å²) in [5.41, 5.74) is 31.6. The van der Waals surface area contributed by atoms with Crippen LogP contribution in [0.3, 0.4) is 0 Å². The van der Waals surface area contributed by atoms with Crippen molar-refractivity contribution >= 4 is 65.4 Å². The first-order valence-corrected chi connectivity index (χ1v) is 34.1. The van der Waals surface area contributed by atoms with E-state index in [0.29, 0.717) is 0 Å². The summed E-state index contributed by atoms with van der Waals surface area (Å²) in [6.45, 7) is 0. The van der Waals surface area contributed by atoms with Crippen molar-refractivity contribution in [2.75, 3.05) is 0 Å². The molecule has 0 fully saturated rings. The molecule has 3 aromatic heterocycles. The van der Waals surface area contributed by atoms with Crippen LogP contribution in [-0.4, -0.2) is 13.7 Å². The molecule has 0 radical (unpaired) electrons. The average molecular weight is 1260 g/mol. The van der Waals surface area contributed by atoms with E-state index in [2.05, 4.69) is 396 Å². The quantitative estimate of drug-likeness (QED) is 0.116. The molecule has 19 rings (SSSR count). The lowest BCUT2D eigenvalue weighted by Crippen LogP contribution is -1.97. The molecule has 0 aliphatic carbocycles. The molecule has 0 bridgehead atoms. The average Bonchev–Trinajstić information content (AvgIpc) is 1.58. The standard InChI is InChI=1S/C96H63N3/c1-6-26-64(27-7-1)75-36-16-20-40-79(75)68-46-52-92-84(58-68)85-59-69(80-41-21-17-37-76(80)65-28-8-2-9-29-65)47-53-93(85)98(92)74-51-57-94-89(63-74)88-62-72(50-54-91(88)97(94)73-34-14-5-15-35-73)83-44-24-25-45-90(83)99-95-55-48-70(81-42-22-18-38-77(81)66-30-10-3-11-31-66)60-86(95)87-61-71(49-56-96(87)99)82-43-23-19-39-78(82)67-32-12-4-13-33-67/h1-63H. The first kappa shape index (κ1) is 57.4. The monoisotopic (exact) mass is 1260 g/mol. The highest BCUT2D eigenvalue weighted by Crippen LogP contribution is 2.46. The zero-order valence-corrected chi connectivity index (χ0v) is 54.2.